The number of hydrogen-bond acceptors (Lipinski definition) is 4. The summed E-state index contributed by atoms with van der Waals surface area (Å²) in [4.78, 5) is 10.9. The van der Waals surface area contributed by atoms with E-state index >= 15 is 0 Å². The molecule has 0 spiro atoms. The lowest BCUT2D eigenvalue weighted by Gasteiger charge is -2.20. The van der Waals surface area contributed by atoms with Crippen molar-refractivity contribution in [3.05, 3.63) is 11.3 Å². The van der Waals surface area contributed by atoms with Gasteiger partial charge in [0.15, 0.2) is 0 Å². The van der Waals surface area contributed by atoms with Crippen LogP contribution in [0.3, 0.4) is 0 Å². The second-order valence-electron chi connectivity index (χ2n) is 3.50. The van der Waals surface area contributed by atoms with E-state index in [-0.39, 0.29) is 0 Å². The molecule has 4 nitrogen and oxygen atoms in total. The number of nitrogens with zero attached hydrogens (tertiary/aromatic N) is 3. The third-order valence-electron chi connectivity index (χ3n) is 2.63. The number of rotatable bonds is 4. The fourth-order valence-electron chi connectivity index (χ4n) is 1.69. The van der Waals surface area contributed by atoms with Crippen LogP contribution in [0.2, 0.25) is 0 Å². The first-order chi connectivity index (χ1) is 7.13. The highest BCUT2D eigenvalue weighted by Gasteiger charge is 2.10. The van der Waals surface area contributed by atoms with Crippen molar-refractivity contribution in [1.29, 1.82) is 0 Å². The summed E-state index contributed by atoms with van der Waals surface area (Å²) in [5.41, 5.74) is 7.96. The predicted molar refractivity (Wildman–Crippen MR) is 64.1 cm³/mol. The molecule has 4 heteroatoms. The summed E-state index contributed by atoms with van der Waals surface area (Å²) in [6, 6.07) is 0. The van der Waals surface area contributed by atoms with Crippen LogP contribution in [0.25, 0.3) is 0 Å². The van der Waals surface area contributed by atoms with Crippen LogP contribution in [0.5, 0.6) is 0 Å². The van der Waals surface area contributed by atoms with Crippen molar-refractivity contribution in [3.63, 3.8) is 0 Å². The van der Waals surface area contributed by atoms with E-state index in [1.165, 1.54) is 0 Å². The molecule has 0 bridgehead atoms. The quantitative estimate of drug-likeness (QED) is 0.819. The van der Waals surface area contributed by atoms with Crippen molar-refractivity contribution in [1.82, 2.24) is 9.97 Å². The van der Waals surface area contributed by atoms with Crippen LogP contribution in [-0.2, 0) is 6.42 Å². The van der Waals surface area contributed by atoms with Gasteiger partial charge in [-0.05, 0) is 27.2 Å². The molecule has 1 rings (SSSR count). The Morgan fingerprint density at radius 3 is 2.13 bits per heavy atom. The molecule has 0 saturated heterocycles. The first-order valence-corrected chi connectivity index (χ1v) is 5.51. The summed E-state index contributed by atoms with van der Waals surface area (Å²) in [6.07, 6.45) is 0.885. The van der Waals surface area contributed by atoms with Crippen LogP contribution in [-0.4, -0.2) is 23.1 Å². The Labute approximate surface area is 91.5 Å². The number of aryl methyl sites for hydroxylation is 1. The van der Waals surface area contributed by atoms with Crippen LogP contribution in [0, 0.1) is 6.92 Å². The lowest BCUT2D eigenvalue weighted by Crippen LogP contribution is -2.25. The smallest absolute Gasteiger partial charge is 0.227 e. The Balaban J connectivity index is 3.12. The van der Waals surface area contributed by atoms with E-state index in [1.807, 2.05) is 6.92 Å². The van der Waals surface area contributed by atoms with Crippen LogP contribution >= 0.6 is 0 Å². The second-order valence-corrected chi connectivity index (χ2v) is 3.50. The largest absolute Gasteiger partial charge is 0.383 e. The van der Waals surface area contributed by atoms with Crippen molar-refractivity contribution in [2.24, 2.45) is 0 Å². The number of hydrogen-bond donors (Lipinski definition) is 1. The van der Waals surface area contributed by atoms with E-state index in [2.05, 4.69) is 35.6 Å². The van der Waals surface area contributed by atoms with Gasteiger partial charge in [0, 0.05) is 24.3 Å². The number of nitrogens with two attached hydrogens (primary N) is 1. The van der Waals surface area contributed by atoms with E-state index in [4.69, 9.17) is 5.73 Å². The molecule has 0 saturated carbocycles. The Morgan fingerprint density at radius 2 is 1.73 bits per heavy atom. The summed E-state index contributed by atoms with van der Waals surface area (Å²) >= 11 is 0. The van der Waals surface area contributed by atoms with Crippen LogP contribution in [0.4, 0.5) is 11.8 Å². The molecule has 1 aromatic heterocycles. The molecule has 0 aromatic carbocycles. The third kappa shape index (κ3) is 2.37. The molecule has 0 aliphatic carbocycles. The minimum Gasteiger partial charge on any atom is -0.383 e. The number of nitrogen functional groups attached to an aromatic ring is 1. The fourth-order valence-corrected chi connectivity index (χ4v) is 1.69. The van der Waals surface area contributed by atoms with Gasteiger partial charge in [-0.1, -0.05) is 6.92 Å². The molecule has 0 aliphatic heterocycles. The van der Waals surface area contributed by atoms with Crippen LogP contribution in [0.15, 0.2) is 0 Å². The van der Waals surface area contributed by atoms with Gasteiger partial charge in [0.2, 0.25) is 5.95 Å². The topological polar surface area (TPSA) is 55.0 Å². The molecular formula is C11H20N4. The van der Waals surface area contributed by atoms with Gasteiger partial charge in [-0.25, -0.2) is 4.98 Å². The van der Waals surface area contributed by atoms with Gasteiger partial charge < -0.3 is 10.6 Å². The van der Waals surface area contributed by atoms with Gasteiger partial charge in [-0.2, -0.15) is 4.98 Å². The lowest BCUT2D eigenvalue weighted by molar-refractivity contribution is 0.812. The number of anilines is 2. The van der Waals surface area contributed by atoms with Gasteiger partial charge >= 0.3 is 0 Å². The van der Waals surface area contributed by atoms with E-state index in [0.717, 1.165) is 36.7 Å². The zero-order valence-electron chi connectivity index (χ0n) is 10.0. The minimum absolute atomic E-state index is 0.618. The minimum atomic E-state index is 0.618. The molecule has 1 aromatic rings. The van der Waals surface area contributed by atoms with Gasteiger partial charge in [0.25, 0.3) is 0 Å². The van der Waals surface area contributed by atoms with E-state index in [9.17, 15) is 0 Å². The average Bonchev–Trinajstić information content (AvgIpc) is 2.19. The van der Waals surface area contributed by atoms with Gasteiger partial charge in [-0.3, -0.25) is 0 Å². The van der Waals surface area contributed by atoms with Crippen molar-refractivity contribution < 1.29 is 0 Å². The summed E-state index contributed by atoms with van der Waals surface area (Å²) < 4.78 is 0. The lowest BCUT2D eigenvalue weighted by atomic mass is 10.2. The first-order valence-electron chi connectivity index (χ1n) is 5.51. The van der Waals surface area contributed by atoms with Gasteiger partial charge in [0.1, 0.15) is 5.82 Å². The molecule has 0 amide bonds. The third-order valence-corrected chi connectivity index (χ3v) is 2.63. The Kier molecular flexibility index (Phi) is 3.88. The molecule has 0 atom stereocenters. The monoisotopic (exact) mass is 208 g/mol. The molecule has 0 unspecified atom stereocenters. The normalized spacial score (nSPS) is 10.4. The summed E-state index contributed by atoms with van der Waals surface area (Å²) in [5.74, 6) is 1.36. The highest BCUT2D eigenvalue weighted by Crippen LogP contribution is 2.17. The molecule has 2 N–H and O–H groups in total. The summed E-state index contributed by atoms with van der Waals surface area (Å²) in [7, 11) is 0. The molecule has 0 fully saturated rings. The molecule has 1 heterocycles. The van der Waals surface area contributed by atoms with Crippen molar-refractivity contribution in [3.8, 4) is 0 Å². The molecule has 0 aliphatic rings. The first kappa shape index (κ1) is 11.8. The molecule has 0 radical (unpaired) electrons. The molecular weight excluding hydrogens is 188 g/mol. The van der Waals surface area contributed by atoms with E-state index in [1.54, 1.807) is 0 Å². The summed E-state index contributed by atoms with van der Waals surface area (Å²) in [5, 5.41) is 0. The maximum atomic E-state index is 5.90. The standard InChI is InChI=1S/C11H20N4/c1-5-9-8(4)13-11(14-10(9)12)15(6-2)7-3/h5-7H2,1-4H3,(H2,12,13,14). The average molecular weight is 208 g/mol. The van der Waals surface area contributed by atoms with E-state index in [0.29, 0.717) is 5.82 Å². The predicted octanol–water partition coefficient (Wildman–Crippen LogP) is 1.78. The molecule has 15 heavy (non-hydrogen) atoms. The van der Waals surface area contributed by atoms with Crippen LogP contribution < -0.4 is 10.6 Å². The fraction of sp³-hybridized carbons (Fsp3) is 0.636. The van der Waals surface area contributed by atoms with Gasteiger partial charge in [0.05, 0.1) is 0 Å². The SMILES string of the molecule is CCc1c(C)nc(N(CC)CC)nc1N. The van der Waals surface area contributed by atoms with Crippen molar-refractivity contribution in [2.75, 3.05) is 23.7 Å². The van der Waals surface area contributed by atoms with E-state index < -0.39 is 0 Å². The maximum Gasteiger partial charge on any atom is 0.227 e. The molecule has 84 valence electrons. The van der Waals surface area contributed by atoms with Crippen molar-refractivity contribution >= 4 is 11.8 Å². The zero-order valence-corrected chi connectivity index (χ0v) is 10.0. The highest BCUT2D eigenvalue weighted by atomic mass is 15.3. The Hall–Kier alpha value is -1.32. The Bertz CT molecular complexity index is 308. The second kappa shape index (κ2) is 4.96. The maximum absolute atomic E-state index is 5.90. The van der Waals surface area contributed by atoms with Gasteiger partial charge in [-0.15, -0.1) is 0 Å². The summed E-state index contributed by atoms with van der Waals surface area (Å²) in [6.45, 7) is 10.0. The number of aromatic nitrogens is 2. The van der Waals surface area contributed by atoms with Crippen molar-refractivity contribution in [2.45, 2.75) is 34.1 Å². The Morgan fingerprint density at radius 1 is 1.13 bits per heavy atom. The zero-order chi connectivity index (χ0) is 11.4. The highest BCUT2D eigenvalue weighted by molar-refractivity contribution is 5.47. The van der Waals surface area contributed by atoms with Crippen LogP contribution in [0.1, 0.15) is 32.0 Å².